The molecule has 1 saturated heterocycles. The Balaban J connectivity index is 1.83. The number of benzene rings is 1. The van der Waals surface area contributed by atoms with Crippen molar-refractivity contribution in [2.45, 2.75) is 39.0 Å². The maximum atomic E-state index is 12.3. The van der Waals surface area contributed by atoms with E-state index in [2.05, 4.69) is 32.2 Å². The molecule has 1 unspecified atom stereocenters. The molecule has 0 aliphatic carbocycles. The van der Waals surface area contributed by atoms with Crippen LogP contribution in [0.25, 0.3) is 0 Å². The first-order valence-electron chi connectivity index (χ1n) is 9.04. The van der Waals surface area contributed by atoms with Crippen molar-refractivity contribution in [2.75, 3.05) is 32.5 Å². The summed E-state index contributed by atoms with van der Waals surface area (Å²) < 4.78 is 30.6. The number of ether oxygens (including phenoxy) is 1. The van der Waals surface area contributed by atoms with Crippen LogP contribution in [-0.4, -0.2) is 51.1 Å². The van der Waals surface area contributed by atoms with Crippen LogP contribution in [0, 0.1) is 5.92 Å². The highest BCUT2D eigenvalue weighted by molar-refractivity contribution is 7.88. The van der Waals surface area contributed by atoms with Gasteiger partial charge in [0.15, 0.2) is 0 Å². The SMILES string of the molecule is CC(C)(C)c1ccccc1OCCNC(=O)C1CCCN(S(C)(=O)=O)C1. The molecule has 1 amide bonds. The maximum absolute atomic E-state index is 12.3. The molecule has 0 bridgehead atoms. The molecule has 1 fully saturated rings. The van der Waals surface area contributed by atoms with E-state index in [1.54, 1.807) is 0 Å². The van der Waals surface area contributed by atoms with E-state index in [0.717, 1.165) is 11.3 Å². The zero-order valence-corrected chi connectivity index (χ0v) is 16.9. The van der Waals surface area contributed by atoms with Gasteiger partial charge in [-0.05, 0) is 29.9 Å². The minimum absolute atomic E-state index is 0.0168. The van der Waals surface area contributed by atoms with Gasteiger partial charge in [-0.1, -0.05) is 39.0 Å². The van der Waals surface area contributed by atoms with Crippen molar-refractivity contribution in [1.82, 2.24) is 9.62 Å². The minimum atomic E-state index is -3.24. The van der Waals surface area contributed by atoms with Crippen LogP contribution in [-0.2, 0) is 20.2 Å². The summed E-state index contributed by atoms with van der Waals surface area (Å²) in [6.45, 7) is 7.93. The zero-order valence-electron chi connectivity index (χ0n) is 16.1. The smallest absolute Gasteiger partial charge is 0.224 e. The number of nitrogens with one attached hydrogen (secondary N) is 1. The Labute approximate surface area is 157 Å². The number of piperidine rings is 1. The predicted octanol–water partition coefficient (Wildman–Crippen LogP) is 2.15. The second-order valence-corrected chi connectivity index (χ2v) is 9.83. The first-order chi connectivity index (χ1) is 12.1. The monoisotopic (exact) mass is 382 g/mol. The number of rotatable bonds is 6. The van der Waals surface area contributed by atoms with E-state index in [0.29, 0.717) is 32.5 Å². The average molecular weight is 383 g/mol. The number of carbonyl (C=O) groups excluding carboxylic acids is 1. The van der Waals surface area contributed by atoms with Gasteiger partial charge in [-0.3, -0.25) is 4.79 Å². The van der Waals surface area contributed by atoms with Gasteiger partial charge in [0, 0.05) is 13.1 Å². The molecular formula is C19H30N2O4S. The summed E-state index contributed by atoms with van der Waals surface area (Å²) in [5.74, 6) is 0.432. The first-order valence-corrected chi connectivity index (χ1v) is 10.9. The van der Waals surface area contributed by atoms with Gasteiger partial charge in [-0.15, -0.1) is 0 Å². The van der Waals surface area contributed by atoms with Gasteiger partial charge in [0.25, 0.3) is 0 Å². The zero-order chi connectivity index (χ0) is 19.4. The number of hydrogen-bond donors (Lipinski definition) is 1. The lowest BCUT2D eigenvalue weighted by Crippen LogP contribution is -2.45. The van der Waals surface area contributed by atoms with Crippen molar-refractivity contribution >= 4 is 15.9 Å². The number of sulfonamides is 1. The van der Waals surface area contributed by atoms with E-state index < -0.39 is 10.0 Å². The summed E-state index contributed by atoms with van der Waals surface area (Å²) in [6.07, 6.45) is 2.61. The highest BCUT2D eigenvalue weighted by atomic mass is 32.2. The van der Waals surface area contributed by atoms with Crippen LogP contribution < -0.4 is 10.1 Å². The van der Waals surface area contributed by atoms with Gasteiger partial charge < -0.3 is 10.1 Å². The Morgan fingerprint density at radius 2 is 2.00 bits per heavy atom. The lowest BCUT2D eigenvalue weighted by atomic mass is 9.86. The summed E-state index contributed by atoms with van der Waals surface area (Å²) in [7, 11) is -3.24. The maximum Gasteiger partial charge on any atom is 0.224 e. The molecule has 1 aliphatic rings. The molecule has 7 heteroatoms. The van der Waals surface area contributed by atoms with Gasteiger partial charge in [0.1, 0.15) is 12.4 Å². The van der Waals surface area contributed by atoms with E-state index in [4.69, 9.17) is 4.74 Å². The summed E-state index contributed by atoms with van der Waals surface area (Å²) in [5.41, 5.74) is 1.11. The van der Waals surface area contributed by atoms with Crippen LogP contribution in [0.2, 0.25) is 0 Å². The Morgan fingerprint density at radius 1 is 1.31 bits per heavy atom. The molecule has 1 aliphatic heterocycles. The van der Waals surface area contributed by atoms with Gasteiger partial charge in [0.05, 0.1) is 18.7 Å². The minimum Gasteiger partial charge on any atom is -0.491 e. The molecule has 1 atom stereocenters. The van der Waals surface area contributed by atoms with Crippen molar-refractivity contribution < 1.29 is 17.9 Å². The molecule has 2 rings (SSSR count). The number of hydrogen-bond acceptors (Lipinski definition) is 4. The van der Waals surface area contributed by atoms with E-state index in [1.807, 2.05) is 18.2 Å². The average Bonchev–Trinajstić information content (AvgIpc) is 2.57. The van der Waals surface area contributed by atoms with Crippen LogP contribution in [0.3, 0.4) is 0 Å². The number of amides is 1. The molecule has 0 spiro atoms. The van der Waals surface area contributed by atoms with Crippen LogP contribution >= 0.6 is 0 Å². The van der Waals surface area contributed by atoms with Crippen molar-refractivity contribution in [3.8, 4) is 5.75 Å². The summed E-state index contributed by atoms with van der Waals surface area (Å²) in [5, 5.41) is 2.87. The van der Waals surface area contributed by atoms with Crippen molar-refractivity contribution in [3.05, 3.63) is 29.8 Å². The Hall–Kier alpha value is -1.60. The molecule has 146 valence electrons. The number of nitrogens with zero attached hydrogens (tertiary/aromatic N) is 1. The Kier molecular flexibility index (Phi) is 6.69. The molecule has 0 radical (unpaired) electrons. The van der Waals surface area contributed by atoms with Crippen LogP contribution in [0.15, 0.2) is 24.3 Å². The first kappa shape index (κ1) is 20.7. The fraction of sp³-hybridized carbons (Fsp3) is 0.632. The fourth-order valence-electron chi connectivity index (χ4n) is 3.15. The van der Waals surface area contributed by atoms with E-state index in [1.165, 1.54) is 10.6 Å². The van der Waals surface area contributed by atoms with Gasteiger partial charge in [0.2, 0.25) is 15.9 Å². The van der Waals surface area contributed by atoms with Crippen molar-refractivity contribution in [1.29, 1.82) is 0 Å². The molecule has 6 nitrogen and oxygen atoms in total. The predicted molar refractivity (Wildman–Crippen MR) is 103 cm³/mol. The third-order valence-corrected chi connectivity index (χ3v) is 5.85. The third-order valence-electron chi connectivity index (χ3n) is 4.58. The molecule has 26 heavy (non-hydrogen) atoms. The molecule has 0 saturated carbocycles. The quantitative estimate of drug-likeness (QED) is 0.765. The Bertz CT molecular complexity index is 725. The Morgan fingerprint density at radius 3 is 2.65 bits per heavy atom. The highest BCUT2D eigenvalue weighted by Crippen LogP contribution is 2.30. The molecule has 1 aromatic carbocycles. The summed E-state index contributed by atoms with van der Waals surface area (Å²) >= 11 is 0. The lowest BCUT2D eigenvalue weighted by molar-refractivity contribution is -0.126. The highest BCUT2D eigenvalue weighted by Gasteiger charge is 2.29. The van der Waals surface area contributed by atoms with Crippen molar-refractivity contribution in [3.63, 3.8) is 0 Å². The standard InChI is InChI=1S/C19H30N2O4S/c1-19(2,3)16-9-5-6-10-17(16)25-13-11-20-18(22)15-8-7-12-21(14-15)26(4,23)24/h5-6,9-10,15H,7-8,11-14H2,1-4H3,(H,20,22). The fourth-order valence-corrected chi connectivity index (χ4v) is 4.06. The number of para-hydroxylation sites is 1. The second-order valence-electron chi connectivity index (χ2n) is 7.85. The lowest BCUT2D eigenvalue weighted by Gasteiger charge is -2.30. The molecule has 1 N–H and O–H groups in total. The molecular weight excluding hydrogens is 352 g/mol. The second kappa shape index (κ2) is 8.39. The summed E-state index contributed by atoms with van der Waals surface area (Å²) in [6, 6.07) is 7.92. The van der Waals surface area contributed by atoms with Gasteiger partial charge in [-0.25, -0.2) is 12.7 Å². The molecule has 1 aromatic rings. The van der Waals surface area contributed by atoms with Crippen LogP contribution in [0.5, 0.6) is 5.75 Å². The van der Waals surface area contributed by atoms with Gasteiger partial charge in [-0.2, -0.15) is 0 Å². The van der Waals surface area contributed by atoms with E-state index in [9.17, 15) is 13.2 Å². The summed E-state index contributed by atoms with van der Waals surface area (Å²) in [4.78, 5) is 12.3. The normalized spacial score (nSPS) is 19.2. The third kappa shape index (κ3) is 5.71. The topological polar surface area (TPSA) is 75.7 Å². The van der Waals surface area contributed by atoms with Crippen molar-refractivity contribution in [2.24, 2.45) is 5.92 Å². The van der Waals surface area contributed by atoms with E-state index in [-0.39, 0.29) is 23.8 Å². The van der Waals surface area contributed by atoms with Crippen LogP contribution in [0.1, 0.15) is 39.2 Å². The molecule has 0 aromatic heterocycles. The van der Waals surface area contributed by atoms with Gasteiger partial charge >= 0.3 is 0 Å². The van der Waals surface area contributed by atoms with Crippen LogP contribution in [0.4, 0.5) is 0 Å². The largest absolute Gasteiger partial charge is 0.491 e. The van der Waals surface area contributed by atoms with E-state index >= 15 is 0 Å². The molecule has 1 heterocycles. The number of carbonyl (C=O) groups is 1.